The third-order valence-electron chi connectivity index (χ3n) is 2.45. The van der Waals surface area contributed by atoms with E-state index in [0.29, 0.717) is 0 Å². The Hall–Kier alpha value is -1.82. The van der Waals surface area contributed by atoms with Crippen molar-refractivity contribution in [3.63, 3.8) is 0 Å². The summed E-state index contributed by atoms with van der Waals surface area (Å²) in [6, 6.07) is 6.52. The first-order valence-corrected chi connectivity index (χ1v) is 6.01. The zero-order valence-electron chi connectivity index (χ0n) is 10.6. The number of rotatable bonds is 2. The van der Waals surface area contributed by atoms with Crippen molar-refractivity contribution in [3.8, 4) is 11.5 Å². The number of benzene rings is 1. The van der Waals surface area contributed by atoms with Crippen LogP contribution in [0.4, 0.5) is 13.2 Å². The fourth-order valence-corrected chi connectivity index (χ4v) is 1.79. The van der Waals surface area contributed by atoms with E-state index in [1.165, 1.54) is 6.92 Å². The van der Waals surface area contributed by atoms with Crippen LogP contribution >= 0.6 is 11.6 Å². The van der Waals surface area contributed by atoms with Gasteiger partial charge >= 0.3 is 6.18 Å². The van der Waals surface area contributed by atoms with Gasteiger partial charge in [0.1, 0.15) is 11.6 Å². The summed E-state index contributed by atoms with van der Waals surface area (Å²) in [5.41, 5.74) is -0.227. The van der Waals surface area contributed by atoms with Gasteiger partial charge in [0.2, 0.25) is 0 Å². The van der Waals surface area contributed by atoms with E-state index < -0.39 is 17.6 Å². The van der Waals surface area contributed by atoms with Crippen LogP contribution in [0.25, 0.3) is 0 Å². The molecule has 0 spiro atoms. The predicted octanol–water partition coefficient (Wildman–Crippen LogP) is 4.56. The third-order valence-corrected chi connectivity index (χ3v) is 2.70. The molecular weight excluding hydrogens is 293 g/mol. The highest BCUT2D eigenvalue weighted by Gasteiger charge is 2.38. The SMILES string of the molecule is Cc1ccc(Oc2c(Cl)nc(C)nc2C(F)(F)F)cc1. The molecule has 0 N–H and O–H groups in total. The largest absolute Gasteiger partial charge is 0.452 e. The Morgan fingerprint density at radius 2 is 1.65 bits per heavy atom. The van der Waals surface area contributed by atoms with Crippen LogP contribution < -0.4 is 4.74 Å². The van der Waals surface area contributed by atoms with Gasteiger partial charge in [0, 0.05) is 0 Å². The zero-order chi connectivity index (χ0) is 14.9. The smallest absolute Gasteiger partial charge is 0.437 e. The van der Waals surface area contributed by atoms with Crippen LogP contribution in [0.1, 0.15) is 17.1 Å². The van der Waals surface area contributed by atoms with Crippen LogP contribution in [0, 0.1) is 13.8 Å². The number of aromatic nitrogens is 2. The van der Waals surface area contributed by atoms with Crippen molar-refractivity contribution in [1.82, 2.24) is 9.97 Å². The molecule has 0 aliphatic carbocycles. The Balaban J connectivity index is 2.47. The maximum Gasteiger partial charge on any atom is 0.437 e. The van der Waals surface area contributed by atoms with Crippen molar-refractivity contribution < 1.29 is 17.9 Å². The lowest BCUT2D eigenvalue weighted by Gasteiger charge is -2.14. The van der Waals surface area contributed by atoms with Crippen molar-refractivity contribution in [2.75, 3.05) is 0 Å². The Morgan fingerprint density at radius 1 is 1.05 bits per heavy atom. The molecule has 0 radical (unpaired) electrons. The molecule has 0 fully saturated rings. The van der Waals surface area contributed by atoms with Gasteiger partial charge in [-0.15, -0.1) is 0 Å². The standard InChI is InChI=1S/C13H10ClF3N2O/c1-7-3-5-9(6-4-7)20-10-11(13(15,16)17)18-8(2)19-12(10)14/h3-6H,1-2H3. The second-order valence-electron chi connectivity index (χ2n) is 4.15. The van der Waals surface area contributed by atoms with E-state index in [-0.39, 0.29) is 16.7 Å². The molecule has 7 heteroatoms. The van der Waals surface area contributed by atoms with Crippen molar-refractivity contribution in [1.29, 1.82) is 0 Å². The molecule has 0 unspecified atom stereocenters. The molecule has 3 nitrogen and oxygen atoms in total. The summed E-state index contributed by atoms with van der Waals surface area (Å²) in [5.74, 6) is -0.428. The van der Waals surface area contributed by atoms with Crippen molar-refractivity contribution in [3.05, 3.63) is 46.5 Å². The Morgan fingerprint density at radius 3 is 2.20 bits per heavy atom. The number of halogens is 4. The van der Waals surface area contributed by atoms with Gasteiger partial charge in [0.25, 0.3) is 0 Å². The van der Waals surface area contributed by atoms with E-state index in [0.717, 1.165) is 5.56 Å². The summed E-state index contributed by atoms with van der Waals surface area (Å²) < 4.78 is 44.0. The molecule has 1 heterocycles. The van der Waals surface area contributed by atoms with E-state index in [1.807, 2.05) is 6.92 Å². The summed E-state index contributed by atoms with van der Waals surface area (Å²) in [4.78, 5) is 7.06. The molecule has 0 aliphatic heterocycles. The average Bonchev–Trinajstić information content (AvgIpc) is 2.33. The lowest BCUT2D eigenvalue weighted by Crippen LogP contribution is -2.12. The van der Waals surface area contributed by atoms with Crippen LogP contribution in [0.5, 0.6) is 11.5 Å². The Labute approximate surface area is 118 Å². The van der Waals surface area contributed by atoms with Gasteiger partial charge < -0.3 is 4.74 Å². The second kappa shape index (κ2) is 5.28. The first kappa shape index (κ1) is 14.6. The van der Waals surface area contributed by atoms with Gasteiger partial charge in [-0.05, 0) is 26.0 Å². The van der Waals surface area contributed by atoms with Gasteiger partial charge in [-0.1, -0.05) is 29.3 Å². The molecule has 106 valence electrons. The molecule has 0 saturated heterocycles. The maximum atomic E-state index is 12.9. The van der Waals surface area contributed by atoms with E-state index >= 15 is 0 Å². The van der Waals surface area contributed by atoms with Crippen LogP contribution in [-0.2, 0) is 6.18 Å². The molecule has 20 heavy (non-hydrogen) atoms. The second-order valence-corrected chi connectivity index (χ2v) is 4.51. The molecule has 0 saturated carbocycles. The monoisotopic (exact) mass is 302 g/mol. The van der Waals surface area contributed by atoms with Crippen LogP contribution in [0.2, 0.25) is 5.15 Å². The van der Waals surface area contributed by atoms with Gasteiger partial charge in [0.15, 0.2) is 16.6 Å². The first-order valence-electron chi connectivity index (χ1n) is 5.63. The quantitative estimate of drug-likeness (QED) is 0.763. The normalized spacial score (nSPS) is 11.5. The molecule has 0 amide bonds. The van der Waals surface area contributed by atoms with Crippen molar-refractivity contribution in [2.45, 2.75) is 20.0 Å². The van der Waals surface area contributed by atoms with E-state index in [1.54, 1.807) is 24.3 Å². The Kier molecular flexibility index (Phi) is 3.85. The maximum absolute atomic E-state index is 12.9. The first-order chi connectivity index (χ1) is 9.27. The highest BCUT2D eigenvalue weighted by molar-refractivity contribution is 6.30. The van der Waals surface area contributed by atoms with Gasteiger partial charge in [-0.25, -0.2) is 9.97 Å². The fourth-order valence-electron chi connectivity index (χ4n) is 1.53. The minimum absolute atomic E-state index is 0.0708. The zero-order valence-corrected chi connectivity index (χ0v) is 11.4. The minimum atomic E-state index is -4.67. The summed E-state index contributed by atoms with van der Waals surface area (Å²) in [6.07, 6.45) is -4.67. The third kappa shape index (κ3) is 3.19. The number of hydrogen-bond donors (Lipinski definition) is 0. The van der Waals surface area contributed by atoms with Crippen LogP contribution in [0.15, 0.2) is 24.3 Å². The topological polar surface area (TPSA) is 35.0 Å². The predicted molar refractivity (Wildman–Crippen MR) is 68.0 cm³/mol. The Bertz CT molecular complexity index is 627. The molecule has 1 aromatic carbocycles. The molecule has 0 bridgehead atoms. The minimum Gasteiger partial charge on any atom is -0.452 e. The summed E-state index contributed by atoms with van der Waals surface area (Å²) in [5, 5.41) is -0.370. The number of ether oxygens (including phenoxy) is 1. The summed E-state index contributed by atoms with van der Waals surface area (Å²) in [6.45, 7) is 3.18. The van der Waals surface area contributed by atoms with E-state index in [9.17, 15) is 13.2 Å². The summed E-state index contributed by atoms with van der Waals surface area (Å²) in [7, 11) is 0. The molecule has 0 aliphatic rings. The number of nitrogens with zero attached hydrogens (tertiary/aromatic N) is 2. The molecule has 1 aromatic heterocycles. The summed E-state index contributed by atoms with van der Waals surface area (Å²) >= 11 is 5.75. The molecule has 2 rings (SSSR count). The number of hydrogen-bond acceptors (Lipinski definition) is 3. The number of alkyl halides is 3. The lowest BCUT2D eigenvalue weighted by molar-refractivity contribution is -0.142. The highest BCUT2D eigenvalue weighted by Crippen LogP contribution is 2.40. The van der Waals surface area contributed by atoms with Gasteiger partial charge in [-0.3, -0.25) is 0 Å². The van der Waals surface area contributed by atoms with Gasteiger partial charge in [-0.2, -0.15) is 13.2 Å². The molecule has 0 atom stereocenters. The lowest BCUT2D eigenvalue weighted by atomic mass is 10.2. The average molecular weight is 303 g/mol. The van der Waals surface area contributed by atoms with Gasteiger partial charge in [0.05, 0.1) is 0 Å². The fraction of sp³-hybridized carbons (Fsp3) is 0.231. The van der Waals surface area contributed by atoms with Crippen LogP contribution in [-0.4, -0.2) is 9.97 Å². The molecular formula is C13H10ClF3N2O. The molecule has 2 aromatic rings. The van der Waals surface area contributed by atoms with E-state index in [4.69, 9.17) is 16.3 Å². The number of aryl methyl sites for hydroxylation is 2. The highest BCUT2D eigenvalue weighted by atomic mass is 35.5. The van der Waals surface area contributed by atoms with E-state index in [2.05, 4.69) is 9.97 Å². The van der Waals surface area contributed by atoms with Crippen molar-refractivity contribution in [2.24, 2.45) is 0 Å². The van der Waals surface area contributed by atoms with Crippen LogP contribution in [0.3, 0.4) is 0 Å². The van der Waals surface area contributed by atoms with Crippen molar-refractivity contribution >= 4 is 11.6 Å².